The first kappa shape index (κ1) is 29.5. The zero-order valence-corrected chi connectivity index (χ0v) is 20.6. The summed E-state index contributed by atoms with van der Waals surface area (Å²) in [6, 6.07) is 5.07. The third-order valence-electron chi connectivity index (χ3n) is 5.94. The molecule has 1 heterocycles. The van der Waals surface area contributed by atoms with Crippen LogP contribution in [0.15, 0.2) is 36.4 Å². The first-order valence-corrected chi connectivity index (χ1v) is 11.6. The number of carbonyl (C=O) groups is 2. The van der Waals surface area contributed by atoms with Crippen LogP contribution in [-0.2, 0) is 23.8 Å². The van der Waals surface area contributed by atoms with Gasteiger partial charge in [-0.15, -0.1) is 0 Å². The molecule has 0 aliphatic rings. The molecule has 0 saturated heterocycles. The molecule has 0 spiro atoms. The number of carboxylic acid groups (broad SMARTS) is 1. The zero-order chi connectivity index (χ0) is 29.1. The Kier molecular flexibility index (Phi) is 8.92. The van der Waals surface area contributed by atoms with E-state index < -0.39 is 71.3 Å². The molecule has 1 amide bonds. The molecule has 1 aromatic heterocycles. The van der Waals surface area contributed by atoms with Crippen LogP contribution >= 0.6 is 0 Å². The van der Waals surface area contributed by atoms with Gasteiger partial charge in [0.2, 0.25) is 11.6 Å². The minimum absolute atomic E-state index is 0.0363. The van der Waals surface area contributed by atoms with Crippen molar-refractivity contribution < 1.29 is 50.2 Å². The molecule has 3 rings (SSSR count). The van der Waals surface area contributed by atoms with Crippen LogP contribution in [0.25, 0.3) is 0 Å². The number of carbonyl (C=O) groups excluding carboxylic acids is 1. The molecule has 0 radical (unpaired) electrons. The molecule has 2 aromatic carbocycles. The quantitative estimate of drug-likeness (QED) is 0.218. The van der Waals surface area contributed by atoms with Crippen molar-refractivity contribution in [2.75, 3.05) is 11.9 Å². The Balaban J connectivity index is 1.89. The summed E-state index contributed by atoms with van der Waals surface area (Å²) in [5.74, 6) is -10.1. The fourth-order valence-corrected chi connectivity index (χ4v) is 3.93. The van der Waals surface area contributed by atoms with Gasteiger partial charge >= 0.3 is 12.1 Å². The van der Waals surface area contributed by atoms with Crippen molar-refractivity contribution in [2.45, 2.75) is 45.3 Å². The number of halogens is 7. The Morgan fingerprint density at radius 1 is 1.03 bits per heavy atom. The lowest BCUT2D eigenvalue weighted by Gasteiger charge is -2.20. The van der Waals surface area contributed by atoms with Gasteiger partial charge in [-0.1, -0.05) is 13.0 Å². The number of anilines is 1. The number of hydrogen-bond donors (Lipinski definition) is 2. The van der Waals surface area contributed by atoms with E-state index in [0.29, 0.717) is 18.2 Å². The molecular formula is C26H23F7N2O4. The predicted octanol–water partition coefficient (Wildman–Crippen LogP) is 6.54. The fourth-order valence-electron chi connectivity index (χ4n) is 3.93. The predicted molar refractivity (Wildman–Crippen MR) is 126 cm³/mol. The van der Waals surface area contributed by atoms with Gasteiger partial charge < -0.3 is 19.7 Å². The molecule has 3 aromatic rings. The second kappa shape index (κ2) is 11.8. The molecule has 0 bridgehead atoms. The maximum atomic E-state index is 13.9. The van der Waals surface area contributed by atoms with Gasteiger partial charge in [0.15, 0.2) is 17.4 Å². The SMILES string of the molecule is CC[C@H](C)n1c(CCOc2c(F)c(F)cc(F)c2F)ccc1C(=O)Nc1cc(CC(=O)O)ccc1C(F)(F)F. The van der Waals surface area contributed by atoms with E-state index in [0.717, 1.165) is 12.1 Å². The van der Waals surface area contributed by atoms with Gasteiger partial charge in [0.05, 0.1) is 24.3 Å². The topological polar surface area (TPSA) is 80.6 Å². The zero-order valence-electron chi connectivity index (χ0n) is 20.6. The first-order valence-electron chi connectivity index (χ1n) is 11.6. The lowest BCUT2D eigenvalue weighted by atomic mass is 10.1. The van der Waals surface area contributed by atoms with E-state index >= 15 is 0 Å². The highest BCUT2D eigenvalue weighted by Crippen LogP contribution is 2.36. The molecular weight excluding hydrogens is 537 g/mol. The minimum atomic E-state index is -4.84. The largest absolute Gasteiger partial charge is 0.487 e. The summed E-state index contributed by atoms with van der Waals surface area (Å²) in [7, 11) is 0. The second-order valence-electron chi connectivity index (χ2n) is 8.64. The van der Waals surface area contributed by atoms with Gasteiger partial charge in [-0.3, -0.25) is 9.59 Å². The van der Waals surface area contributed by atoms with Crippen LogP contribution in [0.2, 0.25) is 0 Å². The standard InChI is InChI=1S/C26H23F7N2O4/c1-3-13(2)35-15(8-9-39-24-22(29)17(27)12-18(28)23(24)30)5-7-20(35)25(38)34-19-10-14(11-21(36)37)4-6-16(19)26(31,32)33/h4-7,10,12-13H,3,8-9,11H2,1-2H3,(H,34,38)(H,36,37)/t13-/m0/s1. The molecule has 0 aliphatic heterocycles. The number of rotatable bonds is 10. The van der Waals surface area contributed by atoms with E-state index in [-0.39, 0.29) is 29.8 Å². The minimum Gasteiger partial charge on any atom is -0.487 e. The molecule has 0 fully saturated rings. The van der Waals surface area contributed by atoms with E-state index in [1.165, 1.54) is 16.7 Å². The van der Waals surface area contributed by atoms with E-state index in [9.17, 15) is 40.3 Å². The van der Waals surface area contributed by atoms with Gasteiger partial charge in [0, 0.05) is 24.2 Å². The molecule has 13 heteroatoms. The number of benzene rings is 2. The summed E-state index contributed by atoms with van der Waals surface area (Å²) in [5, 5.41) is 11.2. The number of ether oxygens (including phenoxy) is 1. The highest BCUT2D eigenvalue weighted by Gasteiger charge is 2.34. The van der Waals surface area contributed by atoms with Crippen LogP contribution in [0.1, 0.15) is 53.6 Å². The van der Waals surface area contributed by atoms with Crippen LogP contribution in [0.3, 0.4) is 0 Å². The van der Waals surface area contributed by atoms with Crippen LogP contribution in [0.5, 0.6) is 5.75 Å². The third kappa shape index (κ3) is 6.70. The Morgan fingerprint density at radius 2 is 1.67 bits per heavy atom. The number of aromatic nitrogens is 1. The Morgan fingerprint density at radius 3 is 2.23 bits per heavy atom. The molecule has 39 heavy (non-hydrogen) atoms. The van der Waals surface area contributed by atoms with Crippen LogP contribution in [-0.4, -0.2) is 28.2 Å². The Labute approximate surface area is 218 Å². The first-order chi connectivity index (χ1) is 18.2. The Hall–Kier alpha value is -4.03. The van der Waals surface area contributed by atoms with E-state index in [1.807, 2.05) is 0 Å². The van der Waals surface area contributed by atoms with Crippen molar-refractivity contribution in [3.63, 3.8) is 0 Å². The van der Waals surface area contributed by atoms with Crippen molar-refractivity contribution >= 4 is 17.6 Å². The number of hydrogen-bond acceptors (Lipinski definition) is 3. The van der Waals surface area contributed by atoms with E-state index in [2.05, 4.69) is 5.32 Å². The smallest absolute Gasteiger partial charge is 0.418 e. The average molecular weight is 560 g/mol. The van der Waals surface area contributed by atoms with Crippen molar-refractivity contribution in [3.05, 3.63) is 82.2 Å². The lowest BCUT2D eigenvalue weighted by Crippen LogP contribution is -2.23. The summed E-state index contributed by atoms with van der Waals surface area (Å²) < 4.78 is 102. The number of aliphatic carboxylic acids is 1. The maximum absolute atomic E-state index is 13.9. The monoisotopic (exact) mass is 560 g/mol. The van der Waals surface area contributed by atoms with Gasteiger partial charge in [0.25, 0.3) is 5.91 Å². The van der Waals surface area contributed by atoms with E-state index in [1.54, 1.807) is 13.8 Å². The summed E-state index contributed by atoms with van der Waals surface area (Å²) in [4.78, 5) is 24.1. The van der Waals surface area contributed by atoms with Crippen molar-refractivity contribution in [1.29, 1.82) is 0 Å². The van der Waals surface area contributed by atoms with Crippen LogP contribution < -0.4 is 10.1 Å². The summed E-state index contributed by atoms with van der Waals surface area (Å²) in [6.07, 6.45) is -5.02. The number of alkyl halides is 3. The molecule has 6 nitrogen and oxygen atoms in total. The maximum Gasteiger partial charge on any atom is 0.418 e. The van der Waals surface area contributed by atoms with Gasteiger partial charge in [0.1, 0.15) is 5.69 Å². The third-order valence-corrected chi connectivity index (χ3v) is 5.94. The van der Waals surface area contributed by atoms with Crippen molar-refractivity contribution in [1.82, 2.24) is 4.57 Å². The number of carboxylic acids is 1. The normalized spacial score (nSPS) is 12.3. The Bertz CT molecular complexity index is 1360. The van der Waals surface area contributed by atoms with Gasteiger partial charge in [-0.25, -0.2) is 8.78 Å². The lowest BCUT2D eigenvalue weighted by molar-refractivity contribution is -0.137. The van der Waals surface area contributed by atoms with Crippen molar-refractivity contribution in [3.8, 4) is 5.75 Å². The van der Waals surface area contributed by atoms with Crippen LogP contribution in [0, 0.1) is 23.3 Å². The summed E-state index contributed by atoms with van der Waals surface area (Å²) in [5.41, 5.74) is -1.43. The molecule has 210 valence electrons. The van der Waals surface area contributed by atoms with Crippen LogP contribution in [0.4, 0.5) is 36.4 Å². The summed E-state index contributed by atoms with van der Waals surface area (Å²) >= 11 is 0. The second-order valence-corrected chi connectivity index (χ2v) is 8.64. The molecule has 0 saturated carbocycles. The molecule has 0 unspecified atom stereocenters. The number of amides is 1. The highest BCUT2D eigenvalue weighted by molar-refractivity contribution is 6.04. The van der Waals surface area contributed by atoms with Gasteiger partial charge in [-0.05, 0) is 43.2 Å². The average Bonchev–Trinajstić information content (AvgIpc) is 3.27. The van der Waals surface area contributed by atoms with Crippen molar-refractivity contribution in [2.24, 2.45) is 0 Å². The fraction of sp³-hybridized carbons (Fsp3) is 0.308. The van der Waals surface area contributed by atoms with E-state index in [4.69, 9.17) is 9.84 Å². The summed E-state index contributed by atoms with van der Waals surface area (Å²) in [6.45, 7) is 3.05. The highest BCUT2D eigenvalue weighted by atomic mass is 19.4. The molecule has 1 atom stereocenters. The van der Waals surface area contributed by atoms with Gasteiger partial charge in [-0.2, -0.15) is 22.0 Å². The molecule has 2 N–H and O–H groups in total. The number of nitrogens with one attached hydrogen (secondary N) is 1. The number of nitrogens with zero attached hydrogens (tertiary/aromatic N) is 1. The molecule has 0 aliphatic carbocycles.